The van der Waals surface area contributed by atoms with Crippen molar-refractivity contribution >= 4 is 12.2 Å². The molecular weight excluding hydrogens is 368 g/mol. The van der Waals surface area contributed by atoms with Crippen LogP contribution in [0.15, 0.2) is 54.6 Å². The summed E-state index contributed by atoms with van der Waals surface area (Å²) in [6.07, 6.45) is 3.44. The Labute approximate surface area is 171 Å². The Kier molecular flexibility index (Phi) is 5.88. The van der Waals surface area contributed by atoms with Crippen LogP contribution in [0.4, 0.5) is 0 Å². The zero-order valence-corrected chi connectivity index (χ0v) is 17.1. The van der Waals surface area contributed by atoms with E-state index in [1.165, 1.54) is 18.4 Å². The molecule has 1 aliphatic heterocycles. The lowest BCUT2D eigenvalue weighted by Gasteiger charge is -2.13. The van der Waals surface area contributed by atoms with Crippen LogP contribution in [0.1, 0.15) is 18.4 Å². The second kappa shape index (κ2) is 8.71. The molecule has 0 bridgehead atoms. The number of ether oxygens (including phenoxy) is 1. The molecule has 0 unspecified atom stereocenters. The molecule has 1 aromatic heterocycles. The number of methoxy groups -OCH3 is 1. The second-order valence-corrected chi connectivity index (χ2v) is 7.55. The molecular formula is C22H26N4OS. The quantitative estimate of drug-likeness (QED) is 0.557. The van der Waals surface area contributed by atoms with E-state index in [4.69, 9.17) is 22.1 Å². The smallest absolute Gasteiger partial charge is 0.199 e. The third-order valence-electron chi connectivity index (χ3n) is 5.27. The monoisotopic (exact) mass is 394 g/mol. The van der Waals surface area contributed by atoms with E-state index >= 15 is 0 Å². The average molecular weight is 395 g/mol. The number of hydrogen-bond donors (Lipinski definition) is 0. The first-order chi connectivity index (χ1) is 13.7. The van der Waals surface area contributed by atoms with Crippen molar-refractivity contribution in [3.63, 3.8) is 0 Å². The van der Waals surface area contributed by atoms with Gasteiger partial charge in [0.25, 0.3) is 0 Å². The molecule has 1 saturated heterocycles. The van der Waals surface area contributed by atoms with Gasteiger partial charge in [-0.1, -0.05) is 30.3 Å². The van der Waals surface area contributed by atoms with Gasteiger partial charge in [-0.25, -0.2) is 4.68 Å². The van der Waals surface area contributed by atoms with Crippen LogP contribution in [-0.4, -0.2) is 39.4 Å². The maximum atomic E-state index is 5.82. The maximum Gasteiger partial charge on any atom is 0.199 e. The van der Waals surface area contributed by atoms with Crippen molar-refractivity contribution in [1.29, 1.82) is 0 Å². The minimum absolute atomic E-state index is 0.764. The van der Waals surface area contributed by atoms with Gasteiger partial charge in [0.05, 0.1) is 13.8 Å². The minimum Gasteiger partial charge on any atom is -0.497 e. The Balaban J connectivity index is 1.65. The van der Waals surface area contributed by atoms with Crippen molar-refractivity contribution in [3.05, 3.63) is 64.9 Å². The van der Waals surface area contributed by atoms with Crippen LogP contribution in [0, 0.1) is 4.77 Å². The molecule has 1 aliphatic rings. The van der Waals surface area contributed by atoms with Gasteiger partial charge in [0, 0.05) is 12.1 Å². The fraction of sp³-hybridized carbons (Fsp3) is 0.364. The molecule has 0 saturated carbocycles. The summed E-state index contributed by atoms with van der Waals surface area (Å²) in [6, 6.07) is 18.6. The summed E-state index contributed by atoms with van der Waals surface area (Å²) in [6.45, 7) is 3.82. The minimum atomic E-state index is 0.764. The number of benzene rings is 2. The number of likely N-dealkylation sites (tertiary alicyclic amines) is 1. The summed E-state index contributed by atoms with van der Waals surface area (Å²) in [5, 5.41) is 4.90. The van der Waals surface area contributed by atoms with Crippen LogP contribution < -0.4 is 4.74 Å². The molecule has 6 heteroatoms. The van der Waals surface area contributed by atoms with Crippen LogP contribution in [0.5, 0.6) is 5.75 Å². The van der Waals surface area contributed by atoms with Crippen LogP contribution in [0.25, 0.3) is 11.4 Å². The summed E-state index contributed by atoms with van der Waals surface area (Å²) in [7, 11) is 1.68. The molecule has 4 rings (SSSR count). The topological polar surface area (TPSA) is 35.2 Å². The van der Waals surface area contributed by atoms with E-state index in [1.54, 1.807) is 7.11 Å². The molecule has 2 aromatic carbocycles. The summed E-state index contributed by atoms with van der Waals surface area (Å²) in [5.74, 6) is 1.76. The van der Waals surface area contributed by atoms with E-state index in [0.29, 0.717) is 0 Å². The van der Waals surface area contributed by atoms with Gasteiger partial charge < -0.3 is 4.74 Å². The van der Waals surface area contributed by atoms with Gasteiger partial charge >= 0.3 is 0 Å². The molecule has 1 fully saturated rings. The van der Waals surface area contributed by atoms with Crippen molar-refractivity contribution < 1.29 is 4.74 Å². The van der Waals surface area contributed by atoms with Crippen molar-refractivity contribution in [1.82, 2.24) is 19.2 Å². The average Bonchev–Trinajstić information content (AvgIpc) is 3.36. The second-order valence-electron chi connectivity index (χ2n) is 7.19. The van der Waals surface area contributed by atoms with Crippen LogP contribution in [0.3, 0.4) is 0 Å². The lowest BCUT2D eigenvalue weighted by Crippen LogP contribution is -2.23. The lowest BCUT2D eigenvalue weighted by atomic mass is 10.1. The number of rotatable bonds is 7. The van der Waals surface area contributed by atoms with Gasteiger partial charge in [-0.2, -0.15) is 5.10 Å². The zero-order valence-electron chi connectivity index (χ0n) is 16.3. The van der Waals surface area contributed by atoms with Crippen LogP contribution in [-0.2, 0) is 19.6 Å². The Hall–Kier alpha value is -2.44. The van der Waals surface area contributed by atoms with Gasteiger partial charge in [-0.15, -0.1) is 0 Å². The van der Waals surface area contributed by atoms with E-state index in [0.717, 1.165) is 54.6 Å². The summed E-state index contributed by atoms with van der Waals surface area (Å²) in [5.41, 5.74) is 2.36. The van der Waals surface area contributed by atoms with Gasteiger partial charge in [-0.05, 0) is 74.4 Å². The summed E-state index contributed by atoms with van der Waals surface area (Å²) < 4.78 is 10.2. The third kappa shape index (κ3) is 4.18. The van der Waals surface area contributed by atoms with Gasteiger partial charge in [-0.3, -0.25) is 9.47 Å². The SMILES string of the molecule is COc1ccc(-c2nn(CN3CCCC3)c(=S)n2CCc2ccccc2)cc1. The highest BCUT2D eigenvalue weighted by molar-refractivity contribution is 7.71. The Morgan fingerprint density at radius 3 is 2.39 bits per heavy atom. The first kappa shape index (κ1) is 18.9. The Morgan fingerprint density at radius 2 is 1.71 bits per heavy atom. The van der Waals surface area contributed by atoms with Crippen LogP contribution in [0.2, 0.25) is 0 Å². The van der Waals surface area contributed by atoms with Gasteiger partial charge in [0.2, 0.25) is 0 Å². The predicted molar refractivity (Wildman–Crippen MR) is 114 cm³/mol. The molecule has 0 radical (unpaired) electrons. The molecule has 28 heavy (non-hydrogen) atoms. The molecule has 0 N–H and O–H groups in total. The predicted octanol–water partition coefficient (Wildman–Crippen LogP) is 4.39. The summed E-state index contributed by atoms with van der Waals surface area (Å²) >= 11 is 5.82. The zero-order chi connectivity index (χ0) is 19.3. The van der Waals surface area contributed by atoms with Crippen molar-refractivity contribution in [2.24, 2.45) is 0 Å². The van der Waals surface area contributed by atoms with Crippen molar-refractivity contribution in [2.75, 3.05) is 20.2 Å². The lowest BCUT2D eigenvalue weighted by molar-refractivity contribution is 0.253. The fourth-order valence-electron chi connectivity index (χ4n) is 3.69. The number of aromatic nitrogens is 3. The molecule has 3 aromatic rings. The van der Waals surface area contributed by atoms with E-state index in [2.05, 4.69) is 45.9 Å². The van der Waals surface area contributed by atoms with Crippen molar-refractivity contribution in [3.8, 4) is 17.1 Å². The van der Waals surface area contributed by atoms with E-state index < -0.39 is 0 Å². The number of hydrogen-bond acceptors (Lipinski definition) is 4. The molecule has 0 amide bonds. The highest BCUT2D eigenvalue weighted by atomic mass is 32.1. The molecule has 146 valence electrons. The summed E-state index contributed by atoms with van der Waals surface area (Å²) in [4.78, 5) is 2.42. The molecule has 0 aliphatic carbocycles. The normalized spacial score (nSPS) is 14.5. The van der Waals surface area contributed by atoms with Crippen molar-refractivity contribution in [2.45, 2.75) is 32.5 Å². The van der Waals surface area contributed by atoms with Gasteiger partial charge in [0.1, 0.15) is 5.75 Å². The number of nitrogens with zero attached hydrogens (tertiary/aromatic N) is 4. The van der Waals surface area contributed by atoms with E-state index in [9.17, 15) is 0 Å². The standard InChI is InChI=1S/C22H26N4OS/c1-27-20-11-9-19(10-12-20)21-23-26(17-24-14-5-6-15-24)22(28)25(21)16-13-18-7-3-2-4-8-18/h2-4,7-12H,5-6,13-17H2,1H3. The molecule has 5 nitrogen and oxygen atoms in total. The largest absolute Gasteiger partial charge is 0.497 e. The maximum absolute atomic E-state index is 5.82. The number of aryl methyl sites for hydroxylation is 1. The first-order valence-corrected chi connectivity index (χ1v) is 10.2. The third-order valence-corrected chi connectivity index (χ3v) is 5.70. The highest BCUT2D eigenvalue weighted by Crippen LogP contribution is 2.23. The van der Waals surface area contributed by atoms with E-state index in [1.807, 2.05) is 22.9 Å². The van der Waals surface area contributed by atoms with Gasteiger partial charge in [0.15, 0.2) is 10.6 Å². The fourth-order valence-corrected chi connectivity index (χ4v) is 3.96. The van der Waals surface area contributed by atoms with Crippen LogP contribution >= 0.6 is 12.2 Å². The highest BCUT2D eigenvalue weighted by Gasteiger charge is 2.17. The Morgan fingerprint density at radius 1 is 1.00 bits per heavy atom. The molecule has 0 spiro atoms. The first-order valence-electron chi connectivity index (χ1n) is 9.83. The Bertz CT molecular complexity index is 956. The van der Waals surface area contributed by atoms with E-state index in [-0.39, 0.29) is 0 Å². The molecule has 0 atom stereocenters. The molecule has 2 heterocycles.